The van der Waals surface area contributed by atoms with Gasteiger partial charge < -0.3 is 40.7 Å². The van der Waals surface area contributed by atoms with E-state index >= 15 is 0 Å². The maximum absolute atomic E-state index is 14.1. The molecule has 15 heteroatoms. The van der Waals surface area contributed by atoms with Gasteiger partial charge in [-0.25, -0.2) is 8.42 Å². The van der Waals surface area contributed by atoms with Crippen LogP contribution in [0.25, 0.3) is 0 Å². The number of carbonyl (C=O) groups excluding carboxylic acids is 4. The fourth-order valence-corrected chi connectivity index (χ4v) is 7.05. The number of carbonyl (C=O) groups is 4. The van der Waals surface area contributed by atoms with Crippen LogP contribution in [0.4, 0.5) is 5.69 Å². The van der Waals surface area contributed by atoms with Crippen LogP contribution in [0.15, 0.2) is 109 Å². The zero-order valence-corrected chi connectivity index (χ0v) is 35.1. The number of para-hydroxylation sites is 1. The summed E-state index contributed by atoms with van der Waals surface area (Å²) in [6.07, 6.45) is -1.89. The Morgan fingerprint density at radius 3 is 1.88 bits per heavy atom. The van der Waals surface area contributed by atoms with E-state index in [0.717, 1.165) is 17.4 Å². The highest BCUT2D eigenvalue weighted by atomic mass is 32.2. The first-order valence-corrected chi connectivity index (χ1v) is 21.3. The minimum atomic E-state index is -3.50. The molecule has 0 aliphatic heterocycles. The molecule has 0 aliphatic rings. The summed E-state index contributed by atoms with van der Waals surface area (Å²) >= 11 is 0. The maximum atomic E-state index is 14.1. The Hall–Kier alpha value is -5.77. The van der Waals surface area contributed by atoms with Gasteiger partial charge in [0.2, 0.25) is 11.8 Å². The summed E-state index contributed by atoms with van der Waals surface area (Å²) < 4.78 is 35.9. The number of ether oxygens (including phenoxy) is 2. The first-order valence-electron chi connectivity index (χ1n) is 19.3. The Bertz CT molecular complexity index is 2110. The maximum Gasteiger partial charge on any atom is 0.251 e. The van der Waals surface area contributed by atoms with Crippen LogP contribution in [0.5, 0.6) is 5.75 Å². The number of nitrogens with one attached hydrogen (secondary N) is 4. The van der Waals surface area contributed by atoms with Gasteiger partial charge in [0.1, 0.15) is 30.4 Å². The third kappa shape index (κ3) is 14.5. The van der Waals surface area contributed by atoms with E-state index in [1.165, 1.54) is 37.3 Å². The molecule has 14 nitrogen and oxygen atoms in total. The molecular weight excluding hydrogens is 775 g/mol. The average molecular weight is 830 g/mol. The van der Waals surface area contributed by atoms with Gasteiger partial charge >= 0.3 is 0 Å². The summed E-state index contributed by atoms with van der Waals surface area (Å²) in [7, 11) is -0.674. The highest BCUT2D eigenvalue weighted by molar-refractivity contribution is 7.90. The predicted octanol–water partition coefficient (Wildman–Crippen LogP) is 4.02. The molecule has 0 saturated heterocycles. The van der Waals surface area contributed by atoms with Crippen LogP contribution in [0.1, 0.15) is 65.1 Å². The van der Waals surface area contributed by atoms with Crippen molar-refractivity contribution in [1.82, 2.24) is 21.3 Å². The van der Waals surface area contributed by atoms with E-state index in [4.69, 9.17) is 9.47 Å². The molecule has 4 amide bonds. The smallest absolute Gasteiger partial charge is 0.251 e. The van der Waals surface area contributed by atoms with Crippen LogP contribution >= 0.6 is 0 Å². The molecule has 0 bridgehead atoms. The molecule has 0 fully saturated rings. The van der Waals surface area contributed by atoms with Gasteiger partial charge in [-0.15, -0.1) is 0 Å². The number of anilines is 1. The molecule has 0 radical (unpaired) electrons. The number of sulfone groups is 1. The SMILES string of the molecule is CO[C@H](C[C@H](O)[C@H](COc1ccccc1)NC(=O)c1cc(C(=O)N[C@H](C)c2ccccc2)cc(N(C)CS(C)(=O)=O)c1)C(=O)N[C@H](C(=O)NCc1ccccc1)C(C)C. The second kappa shape index (κ2) is 21.8. The molecule has 5 N–H and O–H groups in total. The van der Waals surface area contributed by atoms with Crippen molar-refractivity contribution < 1.29 is 42.2 Å². The van der Waals surface area contributed by atoms with Crippen LogP contribution in [0, 0.1) is 5.92 Å². The molecule has 0 aliphatic carbocycles. The van der Waals surface area contributed by atoms with E-state index in [0.29, 0.717) is 5.75 Å². The number of nitrogens with zero attached hydrogens (tertiary/aromatic N) is 1. The molecule has 0 unspecified atom stereocenters. The predicted molar refractivity (Wildman–Crippen MR) is 227 cm³/mol. The lowest BCUT2D eigenvalue weighted by atomic mass is 10.0. The van der Waals surface area contributed by atoms with Gasteiger partial charge in [-0.1, -0.05) is 92.7 Å². The quantitative estimate of drug-likeness (QED) is 0.0820. The van der Waals surface area contributed by atoms with E-state index in [-0.39, 0.29) is 48.2 Å². The Balaban J connectivity index is 1.57. The number of benzene rings is 4. The van der Waals surface area contributed by atoms with Gasteiger partial charge in [0.25, 0.3) is 11.8 Å². The highest BCUT2D eigenvalue weighted by Crippen LogP contribution is 2.22. The molecule has 0 heterocycles. The van der Waals surface area contributed by atoms with Crippen LogP contribution in [-0.4, -0.2) is 94.3 Å². The van der Waals surface area contributed by atoms with Crippen molar-refractivity contribution in [3.63, 3.8) is 0 Å². The lowest BCUT2D eigenvalue weighted by Crippen LogP contribution is -2.54. The Morgan fingerprint density at radius 2 is 1.32 bits per heavy atom. The molecule has 316 valence electrons. The standard InChI is InChI=1S/C44H55N5O9S/c1-29(2)40(44(54)45-26-31-16-10-7-11-17-31)48-43(53)39(57-5)25-38(50)37(27-58-36-20-14-9-15-21-36)47-42(52)34-22-33(23-35(24-34)49(4)28-59(6,55)56)41(51)46-30(3)32-18-12-8-13-19-32/h7-24,29-30,37-40,50H,25-28H2,1-6H3,(H,45,54)(H,46,51)(H,47,52)(H,48,53)/t30-,37+,38+,39-,40+/m1/s1. The van der Waals surface area contributed by atoms with Gasteiger partial charge in [-0.05, 0) is 54.3 Å². The molecule has 0 spiro atoms. The summed E-state index contributed by atoms with van der Waals surface area (Å²) in [4.78, 5) is 55.9. The van der Waals surface area contributed by atoms with Gasteiger partial charge in [0.05, 0.1) is 18.2 Å². The number of aliphatic hydroxyl groups excluding tert-OH is 1. The Kier molecular flexibility index (Phi) is 17.0. The van der Waals surface area contributed by atoms with Crippen LogP contribution in [0.3, 0.4) is 0 Å². The number of aliphatic hydroxyl groups is 1. The number of methoxy groups -OCH3 is 1. The lowest BCUT2D eigenvalue weighted by molar-refractivity contribution is -0.137. The summed E-state index contributed by atoms with van der Waals surface area (Å²) in [6, 6.07) is 29.3. The lowest BCUT2D eigenvalue weighted by Gasteiger charge is -2.28. The highest BCUT2D eigenvalue weighted by Gasteiger charge is 2.33. The first-order chi connectivity index (χ1) is 28.0. The van der Waals surface area contributed by atoms with Gasteiger partial charge in [-0.2, -0.15) is 0 Å². The third-order valence-corrected chi connectivity index (χ3v) is 10.4. The molecule has 0 saturated carbocycles. The molecule has 4 rings (SSSR count). The molecule has 5 atom stereocenters. The van der Waals surface area contributed by atoms with E-state index < -0.39 is 63.8 Å². The zero-order chi connectivity index (χ0) is 43.1. The van der Waals surface area contributed by atoms with Crippen molar-refractivity contribution >= 4 is 39.2 Å². The molecule has 59 heavy (non-hydrogen) atoms. The fraction of sp³-hybridized carbons (Fsp3) is 0.364. The number of amides is 4. The summed E-state index contributed by atoms with van der Waals surface area (Å²) in [6.45, 7) is 5.44. The normalized spacial score (nSPS) is 13.9. The van der Waals surface area contributed by atoms with Crippen molar-refractivity contribution in [2.45, 2.75) is 64.1 Å². The average Bonchev–Trinajstić information content (AvgIpc) is 3.22. The number of hydrogen-bond donors (Lipinski definition) is 5. The van der Waals surface area contributed by atoms with E-state index in [2.05, 4.69) is 21.3 Å². The van der Waals surface area contributed by atoms with E-state index in [1.54, 1.807) is 44.2 Å². The largest absolute Gasteiger partial charge is 0.491 e. The summed E-state index contributed by atoms with van der Waals surface area (Å²) in [5.41, 5.74) is 2.12. The number of hydrogen-bond acceptors (Lipinski definition) is 10. The van der Waals surface area contributed by atoms with E-state index in [9.17, 15) is 32.7 Å². The number of rotatable bonds is 21. The van der Waals surface area contributed by atoms with Crippen molar-refractivity contribution in [1.29, 1.82) is 0 Å². The fourth-order valence-electron chi connectivity index (χ4n) is 6.20. The van der Waals surface area contributed by atoms with Crippen LogP contribution in [-0.2, 0) is 30.7 Å². The van der Waals surface area contributed by atoms with Crippen LogP contribution < -0.4 is 30.9 Å². The monoisotopic (exact) mass is 829 g/mol. The van der Waals surface area contributed by atoms with Gasteiger partial charge in [0, 0.05) is 50.2 Å². The van der Waals surface area contributed by atoms with Crippen molar-refractivity contribution in [3.8, 4) is 5.75 Å². The van der Waals surface area contributed by atoms with Crippen LogP contribution in [0.2, 0.25) is 0 Å². The zero-order valence-electron chi connectivity index (χ0n) is 34.3. The Morgan fingerprint density at radius 1 is 0.763 bits per heavy atom. The minimum Gasteiger partial charge on any atom is -0.491 e. The van der Waals surface area contributed by atoms with Gasteiger partial charge in [0.15, 0.2) is 9.84 Å². The summed E-state index contributed by atoms with van der Waals surface area (Å²) in [5, 5.41) is 23.0. The van der Waals surface area contributed by atoms with Crippen molar-refractivity contribution in [3.05, 3.63) is 131 Å². The van der Waals surface area contributed by atoms with Crippen molar-refractivity contribution in [2.75, 3.05) is 37.8 Å². The second-order valence-electron chi connectivity index (χ2n) is 14.8. The topological polar surface area (TPSA) is 192 Å². The Labute approximate surface area is 346 Å². The molecule has 0 aromatic heterocycles. The minimum absolute atomic E-state index is 0.000369. The molecule has 4 aromatic rings. The molecular formula is C44H55N5O9S. The second-order valence-corrected chi connectivity index (χ2v) is 16.9. The third-order valence-electron chi connectivity index (χ3n) is 9.50. The first kappa shape index (κ1) is 45.9. The van der Waals surface area contributed by atoms with Crippen molar-refractivity contribution in [2.24, 2.45) is 5.92 Å². The molecule has 4 aromatic carbocycles. The van der Waals surface area contributed by atoms with Gasteiger partial charge in [-0.3, -0.25) is 19.2 Å². The van der Waals surface area contributed by atoms with E-state index in [1.807, 2.05) is 67.6 Å². The summed E-state index contributed by atoms with van der Waals surface area (Å²) in [5.74, 6) is -2.47.